The zero-order chi connectivity index (χ0) is 9.47. The van der Waals surface area contributed by atoms with Gasteiger partial charge in [-0.15, -0.1) is 0 Å². The lowest BCUT2D eigenvalue weighted by Crippen LogP contribution is -2.10. The second-order valence-electron chi connectivity index (χ2n) is 4.04. The van der Waals surface area contributed by atoms with Gasteiger partial charge in [0.25, 0.3) is 0 Å². The normalized spacial score (nSPS) is 18.7. The molecular formula is C11H13BrO. The van der Waals surface area contributed by atoms with E-state index in [1.165, 1.54) is 11.1 Å². The number of aliphatic hydroxyl groups is 1. The van der Waals surface area contributed by atoms with Crippen molar-refractivity contribution in [1.82, 2.24) is 0 Å². The van der Waals surface area contributed by atoms with Crippen LogP contribution < -0.4 is 0 Å². The smallest absolute Gasteiger partial charge is 0.0690 e. The summed E-state index contributed by atoms with van der Waals surface area (Å²) in [5, 5.41) is 9.75. The van der Waals surface area contributed by atoms with Crippen LogP contribution in [-0.2, 0) is 6.42 Å². The molecule has 0 radical (unpaired) electrons. The van der Waals surface area contributed by atoms with Gasteiger partial charge >= 0.3 is 0 Å². The Morgan fingerprint density at radius 1 is 1.38 bits per heavy atom. The number of hydrogen-bond acceptors (Lipinski definition) is 1. The van der Waals surface area contributed by atoms with Crippen LogP contribution in [0.15, 0.2) is 22.7 Å². The van der Waals surface area contributed by atoms with Crippen LogP contribution in [-0.4, -0.2) is 10.7 Å². The van der Waals surface area contributed by atoms with Crippen LogP contribution in [0.1, 0.15) is 24.0 Å². The number of rotatable bonds is 2. The molecule has 1 aromatic rings. The lowest BCUT2D eigenvalue weighted by molar-refractivity contribution is 0.151. The highest BCUT2D eigenvalue weighted by molar-refractivity contribution is 9.10. The topological polar surface area (TPSA) is 20.2 Å². The highest BCUT2D eigenvalue weighted by Gasteiger charge is 2.40. The van der Waals surface area contributed by atoms with E-state index in [2.05, 4.69) is 41.1 Å². The maximum absolute atomic E-state index is 9.75. The molecule has 0 atom stereocenters. The third-order valence-corrected chi connectivity index (χ3v) is 2.92. The molecule has 13 heavy (non-hydrogen) atoms. The monoisotopic (exact) mass is 240 g/mol. The summed E-state index contributed by atoms with van der Waals surface area (Å²) >= 11 is 3.46. The maximum atomic E-state index is 9.75. The molecule has 0 saturated heterocycles. The minimum atomic E-state index is -0.382. The summed E-state index contributed by atoms with van der Waals surface area (Å²) in [6.45, 7) is 2.07. The molecule has 0 heterocycles. The van der Waals surface area contributed by atoms with Gasteiger partial charge in [0, 0.05) is 10.9 Å². The average molecular weight is 241 g/mol. The molecule has 1 saturated carbocycles. The molecule has 0 aromatic heterocycles. The molecule has 2 heteroatoms. The van der Waals surface area contributed by atoms with Crippen LogP contribution >= 0.6 is 15.9 Å². The third kappa shape index (κ3) is 2.32. The zero-order valence-corrected chi connectivity index (χ0v) is 9.26. The molecule has 1 aliphatic rings. The SMILES string of the molecule is Cc1cc(Br)cc(CC2(O)CC2)c1. The lowest BCUT2D eigenvalue weighted by atomic mass is 10.0. The number of aryl methyl sites for hydroxylation is 1. The molecule has 1 nitrogen and oxygen atoms in total. The van der Waals surface area contributed by atoms with Gasteiger partial charge in [-0.3, -0.25) is 0 Å². The quantitative estimate of drug-likeness (QED) is 0.844. The van der Waals surface area contributed by atoms with E-state index in [1.54, 1.807) is 0 Å². The van der Waals surface area contributed by atoms with Crippen molar-refractivity contribution in [2.75, 3.05) is 0 Å². The Hall–Kier alpha value is -0.340. The fourth-order valence-corrected chi connectivity index (χ4v) is 2.27. The predicted molar refractivity (Wildman–Crippen MR) is 56.8 cm³/mol. The van der Waals surface area contributed by atoms with E-state index in [9.17, 15) is 5.11 Å². The van der Waals surface area contributed by atoms with Gasteiger partial charge in [0.05, 0.1) is 5.60 Å². The highest BCUT2D eigenvalue weighted by atomic mass is 79.9. The molecule has 1 aliphatic carbocycles. The van der Waals surface area contributed by atoms with Crippen molar-refractivity contribution in [2.24, 2.45) is 0 Å². The van der Waals surface area contributed by atoms with Gasteiger partial charge in [-0.25, -0.2) is 0 Å². The van der Waals surface area contributed by atoms with Crippen LogP contribution in [0.3, 0.4) is 0 Å². The molecule has 0 unspecified atom stereocenters. The van der Waals surface area contributed by atoms with Crippen molar-refractivity contribution in [2.45, 2.75) is 31.8 Å². The summed E-state index contributed by atoms with van der Waals surface area (Å²) in [7, 11) is 0. The molecule has 70 valence electrons. The fraction of sp³-hybridized carbons (Fsp3) is 0.455. The Morgan fingerprint density at radius 2 is 2.08 bits per heavy atom. The van der Waals surface area contributed by atoms with Crippen molar-refractivity contribution in [1.29, 1.82) is 0 Å². The molecule has 1 N–H and O–H groups in total. The summed E-state index contributed by atoms with van der Waals surface area (Å²) in [6, 6.07) is 6.31. The van der Waals surface area contributed by atoms with E-state index < -0.39 is 0 Å². The number of halogens is 1. The second-order valence-corrected chi connectivity index (χ2v) is 4.95. The first kappa shape index (κ1) is 9.22. The molecule has 1 aromatic carbocycles. The van der Waals surface area contributed by atoms with Crippen LogP contribution in [0.5, 0.6) is 0 Å². The summed E-state index contributed by atoms with van der Waals surface area (Å²) in [5.41, 5.74) is 2.09. The van der Waals surface area contributed by atoms with Crippen molar-refractivity contribution in [3.63, 3.8) is 0 Å². The largest absolute Gasteiger partial charge is 0.390 e. The standard InChI is InChI=1S/C11H13BrO/c1-8-4-9(6-10(12)5-8)7-11(13)2-3-11/h4-6,13H,2-3,7H2,1H3. The molecule has 1 fully saturated rings. The molecule has 0 amide bonds. The van der Waals surface area contributed by atoms with E-state index >= 15 is 0 Å². The number of benzene rings is 1. The van der Waals surface area contributed by atoms with Crippen LogP contribution in [0, 0.1) is 6.92 Å². The zero-order valence-electron chi connectivity index (χ0n) is 7.68. The Kier molecular flexibility index (Phi) is 2.20. The molecule has 2 rings (SSSR count). The summed E-state index contributed by atoms with van der Waals surface area (Å²) in [5.74, 6) is 0. The van der Waals surface area contributed by atoms with Gasteiger partial charge in [0.1, 0.15) is 0 Å². The van der Waals surface area contributed by atoms with Gasteiger partial charge in [-0.1, -0.05) is 22.0 Å². The maximum Gasteiger partial charge on any atom is 0.0690 e. The van der Waals surface area contributed by atoms with Gasteiger partial charge in [0.15, 0.2) is 0 Å². The van der Waals surface area contributed by atoms with E-state index in [0.717, 1.165) is 23.7 Å². The Bertz CT molecular complexity index is 309. The van der Waals surface area contributed by atoms with Gasteiger partial charge in [-0.05, 0) is 43.0 Å². The first-order chi connectivity index (χ1) is 6.07. The van der Waals surface area contributed by atoms with Gasteiger partial charge in [0.2, 0.25) is 0 Å². The van der Waals surface area contributed by atoms with E-state index in [-0.39, 0.29) is 5.60 Å². The van der Waals surface area contributed by atoms with Crippen LogP contribution in [0.25, 0.3) is 0 Å². The van der Waals surface area contributed by atoms with Crippen molar-refractivity contribution < 1.29 is 5.11 Å². The predicted octanol–water partition coefficient (Wildman–Crippen LogP) is 2.82. The Labute approximate surface area is 86.9 Å². The fourth-order valence-electron chi connectivity index (χ4n) is 1.62. The van der Waals surface area contributed by atoms with E-state index in [0.29, 0.717) is 0 Å². The third-order valence-electron chi connectivity index (χ3n) is 2.46. The summed E-state index contributed by atoms with van der Waals surface area (Å²) in [4.78, 5) is 0. The van der Waals surface area contributed by atoms with Gasteiger partial charge in [-0.2, -0.15) is 0 Å². The Balaban J connectivity index is 2.20. The summed E-state index contributed by atoms with van der Waals surface area (Å²) < 4.78 is 1.10. The van der Waals surface area contributed by atoms with Crippen LogP contribution in [0.2, 0.25) is 0 Å². The van der Waals surface area contributed by atoms with E-state index in [1.807, 2.05) is 0 Å². The highest BCUT2D eigenvalue weighted by Crippen LogP contribution is 2.38. The molecule has 0 aliphatic heterocycles. The van der Waals surface area contributed by atoms with Crippen molar-refractivity contribution in [3.05, 3.63) is 33.8 Å². The molecular weight excluding hydrogens is 228 g/mol. The minimum Gasteiger partial charge on any atom is -0.390 e. The van der Waals surface area contributed by atoms with Crippen molar-refractivity contribution in [3.8, 4) is 0 Å². The Morgan fingerprint density at radius 3 is 2.62 bits per heavy atom. The molecule has 0 spiro atoms. The summed E-state index contributed by atoms with van der Waals surface area (Å²) in [6.07, 6.45) is 2.71. The first-order valence-corrected chi connectivity index (χ1v) is 5.35. The number of hydrogen-bond donors (Lipinski definition) is 1. The molecule has 0 bridgehead atoms. The second kappa shape index (κ2) is 3.10. The average Bonchev–Trinajstić information content (AvgIpc) is 2.64. The lowest BCUT2D eigenvalue weighted by Gasteiger charge is -2.08. The van der Waals surface area contributed by atoms with Gasteiger partial charge < -0.3 is 5.11 Å². The minimum absolute atomic E-state index is 0.382. The van der Waals surface area contributed by atoms with Crippen molar-refractivity contribution >= 4 is 15.9 Å². The van der Waals surface area contributed by atoms with E-state index in [4.69, 9.17) is 0 Å². The van der Waals surface area contributed by atoms with Crippen LogP contribution in [0.4, 0.5) is 0 Å². The first-order valence-electron chi connectivity index (χ1n) is 4.56.